The van der Waals surface area contributed by atoms with Gasteiger partial charge in [-0.25, -0.2) is 8.42 Å². The molecule has 0 saturated carbocycles. The first kappa shape index (κ1) is 20.4. The lowest BCUT2D eigenvalue weighted by molar-refractivity contribution is 0.263. The molecule has 28 heavy (non-hydrogen) atoms. The molecule has 0 aromatic heterocycles. The van der Waals surface area contributed by atoms with Gasteiger partial charge in [-0.05, 0) is 80.5 Å². The van der Waals surface area contributed by atoms with Crippen LogP contribution in [0.15, 0.2) is 53.4 Å². The molecule has 1 aliphatic heterocycles. The van der Waals surface area contributed by atoms with Crippen LogP contribution in [0.2, 0.25) is 0 Å². The van der Waals surface area contributed by atoms with Crippen molar-refractivity contribution in [1.82, 2.24) is 4.31 Å². The highest BCUT2D eigenvalue weighted by Crippen LogP contribution is 2.27. The van der Waals surface area contributed by atoms with E-state index in [0.29, 0.717) is 31.2 Å². The normalized spacial score (nSPS) is 15.9. The standard InChI is InChI=1S/C22H26N2O3S/c1-2-27-21-9-5-18(6-10-21)3-4-19-13-15-24(16-14-19)28(25,26)22-11-7-20(17-23)8-12-22/h5-12,19H,2-4,13-16H2,1H3. The van der Waals surface area contributed by atoms with Gasteiger partial charge in [-0.1, -0.05) is 12.1 Å². The molecule has 0 radical (unpaired) electrons. The van der Waals surface area contributed by atoms with Crippen molar-refractivity contribution in [2.75, 3.05) is 19.7 Å². The van der Waals surface area contributed by atoms with Crippen LogP contribution in [0.4, 0.5) is 0 Å². The fourth-order valence-electron chi connectivity index (χ4n) is 3.58. The summed E-state index contributed by atoms with van der Waals surface area (Å²) in [7, 11) is -3.48. The van der Waals surface area contributed by atoms with Crippen LogP contribution in [0.1, 0.15) is 37.3 Å². The van der Waals surface area contributed by atoms with E-state index in [-0.39, 0.29) is 4.90 Å². The van der Waals surface area contributed by atoms with Gasteiger partial charge in [0.05, 0.1) is 23.1 Å². The number of hydrogen-bond donors (Lipinski definition) is 0. The fraction of sp³-hybridized carbons (Fsp3) is 0.409. The van der Waals surface area contributed by atoms with E-state index in [2.05, 4.69) is 12.1 Å². The zero-order chi connectivity index (χ0) is 20.0. The Morgan fingerprint density at radius 2 is 1.71 bits per heavy atom. The van der Waals surface area contributed by atoms with Crippen molar-refractivity contribution in [3.63, 3.8) is 0 Å². The molecule has 5 nitrogen and oxygen atoms in total. The summed E-state index contributed by atoms with van der Waals surface area (Å²) >= 11 is 0. The van der Waals surface area contributed by atoms with Crippen LogP contribution in [-0.2, 0) is 16.4 Å². The Morgan fingerprint density at radius 1 is 1.07 bits per heavy atom. The molecule has 2 aromatic carbocycles. The number of hydrogen-bond acceptors (Lipinski definition) is 4. The Bertz CT molecular complexity index is 908. The van der Waals surface area contributed by atoms with E-state index in [1.807, 2.05) is 25.1 Å². The van der Waals surface area contributed by atoms with Crippen molar-refractivity contribution in [3.8, 4) is 11.8 Å². The molecule has 0 N–H and O–H groups in total. The van der Waals surface area contributed by atoms with Gasteiger partial charge in [0.25, 0.3) is 0 Å². The average Bonchev–Trinajstić information content (AvgIpc) is 2.74. The highest BCUT2D eigenvalue weighted by Gasteiger charge is 2.29. The minimum atomic E-state index is -3.48. The molecule has 0 bridgehead atoms. The molecule has 0 aliphatic carbocycles. The van der Waals surface area contributed by atoms with E-state index >= 15 is 0 Å². The van der Waals surface area contributed by atoms with E-state index in [1.54, 1.807) is 16.4 Å². The van der Waals surface area contributed by atoms with Crippen molar-refractivity contribution in [2.24, 2.45) is 5.92 Å². The van der Waals surface area contributed by atoms with Crippen LogP contribution in [0.3, 0.4) is 0 Å². The summed E-state index contributed by atoms with van der Waals surface area (Å²) in [6.07, 6.45) is 3.83. The maximum Gasteiger partial charge on any atom is 0.243 e. The third kappa shape index (κ3) is 4.92. The van der Waals surface area contributed by atoms with Crippen LogP contribution in [0, 0.1) is 17.2 Å². The Labute approximate surface area is 167 Å². The second-order valence-electron chi connectivity index (χ2n) is 7.10. The molecular formula is C22H26N2O3S. The van der Waals surface area contributed by atoms with Crippen LogP contribution in [0.5, 0.6) is 5.75 Å². The van der Waals surface area contributed by atoms with Crippen molar-refractivity contribution >= 4 is 10.0 Å². The Balaban J connectivity index is 1.51. The number of nitrogens with zero attached hydrogens (tertiary/aromatic N) is 2. The van der Waals surface area contributed by atoms with Crippen LogP contribution >= 0.6 is 0 Å². The van der Waals surface area contributed by atoms with Crippen molar-refractivity contribution < 1.29 is 13.2 Å². The molecule has 0 amide bonds. The summed E-state index contributed by atoms with van der Waals surface area (Å²) in [6.45, 7) is 3.75. The predicted molar refractivity (Wildman–Crippen MR) is 109 cm³/mol. The number of rotatable bonds is 7. The quantitative estimate of drug-likeness (QED) is 0.707. The summed E-state index contributed by atoms with van der Waals surface area (Å²) in [5, 5.41) is 8.86. The van der Waals surface area contributed by atoms with Gasteiger partial charge in [0.15, 0.2) is 0 Å². The molecule has 3 rings (SSSR count). The number of aryl methyl sites for hydroxylation is 1. The maximum absolute atomic E-state index is 12.8. The van der Waals surface area contributed by atoms with E-state index in [9.17, 15) is 8.42 Å². The summed E-state index contributed by atoms with van der Waals surface area (Å²) < 4.78 is 32.6. The lowest BCUT2D eigenvalue weighted by atomic mass is 9.91. The van der Waals surface area contributed by atoms with E-state index < -0.39 is 10.0 Å². The van der Waals surface area contributed by atoms with Gasteiger partial charge in [0.2, 0.25) is 10.0 Å². The Hall–Kier alpha value is -2.36. The zero-order valence-corrected chi connectivity index (χ0v) is 17.0. The second kappa shape index (κ2) is 9.22. The van der Waals surface area contributed by atoms with E-state index in [0.717, 1.165) is 31.4 Å². The van der Waals surface area contributed by atoms with Gasteiger partial charge < -0.3 is 4.74 Å². The summed E-state index contributed by atoms with van der Waals surface area (Å²) in [5.74, 6) is 1.44. The molecule has 6 heteroatoms. The number of piperidine rings is 1. The third-order valence-corrected chi connectivity index (χ3v) is 7.18. The van der Waals surface area contributed by atoms with Gasteiger partial charge in [0, 0.05) is 13.1 Å². The summed E-state index contributed by atoms with van der Waals surface area (Å²) in [6, 6.07) is 16.4. The minimum Gasteiger partial charge on any atom is -0.494 e. The SMILES string of the molecule is CCOc1ccc(CCC2CCN(S(=O)(=O)c3ccc(C#N)cc3)CC2)cc1. The molecule has 0 spiro atoms. The fourth-order valence-corrected chi connectivity index (χ4v) is 5.05. The number of ether oxygens (including phenoxy) is 1. The van der Waals surface area contributed by atoms with Crippen LogP contribution < -0.4 is 4.74 Å². The van der Waals surface area contributed by atoms with Crippen molar-refractivity contribution in [1.29, 1.82) is 5.26 Å². The number of benzene rings is 2. The van der Waals surface area contributed by atoms with Crippen LogP contribution in [0.25, 0.3) is 0 Å². The third-order valence-electron chi connectivity index (χ3n) is 5.27. The van der Waals surface area contributed by atoms with Gasteiger partial charge >= 0.3 is 0 Å². The second-order valence-corrected chi connectivity index (χ2v) is 9.04. The largest absolute Gasteiger partial charge is 0.494 e. The number of nitriles is 1. The smallest absolute Gasteiger partial charge is 0.243 e. The molecule has 1 heterocycles. The molecule has 1 saturated heterocycles. The zero-order valence-electron chi connectivity index (χ0n) is 16.2. The first-order chi connectivity index (χ1) is 13.5. The van der Waals surface area contributed by atoms with Gasteiger partial charge in [-0.15, -0.1) is 0 Å². The summed E-state index contributed by atoms with van der Waals surface area (Å²) in [4.78, 5) is 0.263. The molecule has 0 atom stereocenters. The Kier molecular flexibility index (Phi) is 6.71. The van der Waals surface area contributed by atoms with Crippen molar-refractivity contribution in [2.45, 2.75) is 37.5 Å². The number of sulfonamides is 1. The first-order valence-corrected chi connectivity index (χ1v) is 11.2. The predicted octanol–water partition coefficient (Wildman–Crippen LogP) is 3.99. The maximum atomic E-state index is 12.8. The highest BCUT2D eigenvalue weighted by molar-refractivity contribution is 7.89. The monoisotopic (exact) mass is 398 g/mol. The molecule has 148 valence electrons. The first-order valence-electron chi connectivity index (χ1n) is 9.75. The van der Waals surface area contributed by atoms with E-state index in [4.69, 9.17) is 10.00 Å². The van der Waals surface area contributed by atoms with E-state index in [1.165, 1.54) is 17.7 Å². The molecule has 1 aliphatic rings. The topological polar surface area (TPSA) is 70.4 Å². The highest BCUT2D eigenvalue weighted by atomic mass is 32.2. The molecule has 2 aromatic rings. The molecule has 1 fully saturated rings. The lowest BCUT2D eigenvalue weighted by Crippen LogP contribution is -2.38. The van der Waals surface area contributed by atoms with Crippen molar-refractivity contribution in [3.05, 3.63) is 59.7 Å². The average molecular weight is 399 g/mol. The summed E-state index contributed by atoms with van der Waals surface area (Å²) in [5.41, 5.74) is 1.75. The van der Waals surface area contributed by atoms with Crippen LogP contribution in [-0.4, -0.2) is 32.4 Å². The van der Waals surface area contributed by atoms with Gasteiger partial charge in [-0.3, -0.25) is 0 Å². The molecular weight excluding hydrogens is 372 g/mol. The van der Waals surface area contributed by atoms with Gasteiger partial charge in [0.1, 0.15) is 5.75 Å². The van der Waals surface area contributed by atoms with Gasteiger partial charge in [-0.2, -0.15) is 9.57 Å². The lowest BCUT2D eigenvalue weighted by Gasteiger charge is -2.31. The minimum absolute atomic E-state index is 0.263. The Morgan fingerprint density at radius 3 is 2.29 bits per heavy atom. The molecule has 0 unspecified atom stereocenters.